The molecule has 0 fully saturated rings. The molecule has 0 N–H and O–H groups in total. The Bertz CT molecular complexity index is 738. The fraction of sp³-hybridized carbons (Fsp3) is 0.222. The average molecular weight is 309 g/mol. The van der Waals surface area contributed by atoms with Gasteiger partial charge in [-0.15, -0.1) is 0 Å². The SMILES string of the molecule is COc1ccc(CN(C)Cc2nc(-c3ccccc3)no2)cc1. The Morgan fingerprint density at radius 1 is 1.00 bits per heavy atom. The minimum atomic E-state index is 0.603. The number of ether oxygens (including phenoxy) is 1. The van der Waals surface area contributed by atoms with E-state index in [0.29, 0.717) is 18.3 Å². The number of hydrogen-bond donors (Lipinski definition) is 0. The lowest BCUT2D eigenvalue weighted by molar-refractivity contribution is 0.261. The number of rotatable bonds is 6. The Morgan fingerprint density at radius 3 is 2.43 bits per heavy atom. The van der Waals surface area contributed by atoms with Crippen molar-refractivity contribution in [2.24, 2.45) is 0 Å². The second-order valence-corrected chi connectivity index (χ2v) is 5.40. The summed E-state index contributed by atoms with van der Waals surface area (Å²) < 4.78 is 10.5. The van der Waals surface area contributed by atoms with Crippen molar-refractivity contribution in [2.75, 3.05) is 14.2 Å². The summed E-state index contributed by atoms with van der Waals surface area (Å²) in [6.07, 6.45) is 0. The molecule has 0 aliphatic heterocycles. The molecule has 0 aliphatic rings. The fourth-order valence-corrected chi connectivity index (χ4v) is 2.35. The molecule has 0 unspecified atom stereocenters. The number of methoxy groups -OCH3 is 1. The molecular weight excluding hydrogens is 290 g/mol. The zero-order chi connectivity index (χ0) is 16.1. The Labute approximate surface area is 135 Å². The van der Waals surface area contributed by atoms with Crippen LogP contribution in [0.15, 0.2) is 59.1 Å². The van der Waals surface area contributed by atoms with Gasteiger partial charge in [0.25, 0.3) is 0 Å². The molecule has 0 spiro atoms. The Kier molecular flexibility index (Phi) is 4.68. The molecule has 5 nitrogen and oxygen atoms in total. The third-order valence-electron chi connectivity index (χ3n) is 3.52. The quantitative estimate of drug-likeness (QED) is 0.698. The molecule has 0 atom stereocenters. The standard InChI is InChI=1S/C18H19N3O2/c1-21(12-14-8-10-16(22-2)11-9-14)13-17-19-18(20-23-17)15-6-4-3-5-7-15/h3-11H,12-13H2,1-2H3. The molecule has 0 aliphatic carbocycles. The maximum Gasteiger partial charge on any atom is 0.241 e. The normalized spacial score (nSPS) is 10.9. The molecule has 0 bridgehead atoms. The van der Waals surface area contributed by atoms with E-state index in [1.807, 2.05) is 49.5 Å². The number of aromatic nitrogens is 2. The van der Waals surface area contributed by atoms with Crippen molar-refractivity contribution < 1.29 is 9.26 Å². The van der Waals surface area contributed by atoms with Gasteiger partial charge in [0, 0.05) is 12.1 Å². The molecule has 0 amide bonds. The van der Waals surface area contributed by atoms with Crippen molar-refractivity contribution in [1.29, 1.82) is 0 Å². The first-order valence-corrected chi connectivity index (χ1v) is 7.44. The van der Waals surface area contributed by atoms with E-state index in [2.05, 4.69) is 27.2 Å². The van der Waals surface area contributed by atoms with Crippen LogP contribution in [0.4, 0.5) is 0 Å². The van der Waals surface area contributed by atoms with Gasteiger partial charge in [0.05, 0.1) is 13.7 Å². The zero-order valence-corrected chi connectivity index (χ0v) is 13.3. The summed E-state index contributed by atoms with van der Waals surface area (Å²) in [4.78, 5) is 6.58. The smallest absolute Gasteiger partial charge is 0.241 e. The maximum absolute atomic E-state index is 5.34. The molecule has 23 heavy (non-hydrogen) atoms. The van der Waals surface area contributed by atoms with Crippen LogP contribution in [0.25, 0.3) is 11.4 Å². The van der Waals surface area contributed by atoms with Gasteiger partial charge in [-0.1, -0.05) is 47.6 Å². The van der Waals surface area contributed by atoms with Crippen LogP contribution in [0.3, 0.4) is 0 Å². The molecular formula is C18H19N3O2. The van der Waals surface area contributed by atoms with Gasteiger partial charge in [-0.25, -0.2) is 0 Å². The van der Waals surface area contributed by atoms with Crippen LogP contribution >= 0.6 is 0 Å². The summed E-state index contributed by atoms with van der Waals surface area (Å²) in [5, 5.41) is 4.04. The van der Waals surface area contributed by atoms with Crippen LogP contribution in [0.2, 0.25) is 0 Å². The predicted molar refractivity (Wildman–Crippen MR) is 87.9 cm³/mol. The van der Waals surface area contributed by atoms with E-state index in [9.17, 15) is 0 Å². The van der Waals surface area contributed by atoms with E-state index < -0.39 is 0 Å². The van der Waals surface area contributed by atoms with Gasteiger partial charge in [0.2, 0.25) is 11.7 Å². The Hall–Kier alpha value is -2.66. The third kappa shape index (κ3) is 3.96. The van der Waals surface area contributed by atoms with Gasteiger partial charge in [-0.2, -0.15) is 4.98 Å². The molecule has 3 rings (SSSR count). The second kappa shape index (κ2) is 7.07. The van der Waals surface area contributed by atoms with E-state index in [1.54, 1.807) is 7.11 Å². The summed E-state index contributed by atoms with van der Waals surface area (Å²) in [6.45, 7) is 1.40. The largest absolute Gasteiger partial charge is 0.497 e. The molecule has 3 aromatic rings. The van der Waals surface area contributed by atoms with E-state index >= 15 is 0 Å². The maximum atomic E-state index is 5.34. The van der Waals surface area contributed by atoms with Crippen molar-refractivity contribution in [3.05, 3.63) is 66.1 Å². The van der Waals surface area contributed by atoms with E-state index in [-0.39, 0.29) is 0 Å². The molecule has 1 heterocycles. The Morgan fingerprint density at radius 2 is 1.74 bits per heavy atom. The molecule has 0 radical (unpaired) electrons. The summed E-state index contributed by atoms with van der Waals surface area (Å²) in [5.74, 6) is 2.10. The minimum absolute atomic E-state index is 0.603. The van der Waals surface area contributed by atoms with Gasteiger partial charge in [-0.3, -0.25) is 4.90 Å². The van der Waals surface area contributed by atoms with Gasteiger partial charge >= 0.3 is 0 Å². The van der Waals surface area contributed by atoms with E-state index in [1.165, 1.54) is 5.56 Å². The lowest BCUT2D eigenvalue weighted by atomic mass is 10.2. The zero-order valence-electron chi connectivity index (χ0n) is 13.3. The minimum Gasteiger partial charge on any atom is -0.497 e. The Balaban J connectivity index is 1.61. The van der Waals surface area contributed by atoms with Crippen LogP contribution in [0.1, 0.15) is 11.5 Å². The molecule has 1 aromatic heterocycles. The molecule has 5 heteroatoms. The molecule has 0 saturated heterocycles. The lowest BCUT2D eigenvalue weighted by Crippen LogP contribution is -2.17. The summed E-state index contributed by atoms with van der Waals surface area (Å²) in [7, 11) is 3.69. The van der Waals surface area contributed by atoms with Crippen LogP contribution in [0, 0.1) is 0 Å². The van der Waals surface area contributed by atoms with Gasteiger partial charge in [0.1, 0.15) is 5.75 Å². The van der Waals surface area contributed by atoms with E-state index in [0.717, 1.165) is 17.9 Å². The monoisotopic (exact) mass is 309 g/mol. The van der Waals surface area contributed by atoms with Gasteiger partial charge in [0.15, 0.2) is 0 Å². The molecule has 118 valence electrons. The van der Waals surface area contributed by atoms with Crippen molar-refractivity contribution in [1.82, 2.24) is 15.0 Å². The molecule has 2 aromatic carbocycles. The topological polar surface area (TPSA) is 51.4 Å². The van der Waals surface area contributed by atoms with Crippen LogP contribution in [-0.4, -0.2) is 29.2 Å². The van der Waals surface area contributed by atoms with Crippen LogP contribution in [0.5, 0.6) is 5.75 Å². The van der Waals surface area contributed by atoms with Crippen molar-refractivity contribution in [3.8, 4) is 17.1 Å². The fourth-order valence-electron chi connectivity index (χ4n) is 2.35. The number of nitrogens with zero attached hydrogens (tertiary/aromatic N) is 3. The number of hydrogen-bond acceptors (Lipinski definition) is 5. The van der Waals surface area contributed by atoms with Gasteiger partial charge in [-0.05, 0) is 24.7 Å². The first-order chi connectivity index (χ1) is 11.2. The van der Waals surface area contributed by atoms with Crippen molar-refractivity contribution in [3.63, 3.8) is 0 Å². The highest BCUT2D eigenvalue weighted by atomic mass is 16.5. The van der Waals surface area contributed by atoms with Crippen LogP contribution < -0.4 is 4.74 Å². The van der Waals surface area contributed by atoms with Gasteiger partial charge < -0.3 is 9.26 Å². The van der Waals surface area contributed by atoms with Crippen molar-refractivity contribution >= 4 is 0 Å². The summed E-state index contributed by atoms with van der Waals surface area (Å²) in [6, 6.07) is 17.9. The predicted octanol–water partition coefficient (Wildman–Crippen LogP) is 3.38. The van der Waals surface area contributed by atoms with Crippen LogP contribution in [-0.2, 0) is 13.1 Å². The lowest BCUT2D eigenvalue weighted by Gasteiger charge is -2.14. The third-order valence-corrected chi connectivity index (χ3v) is 3.52. The number of benzene rings is 2. The van der Waals surface area contributed by atoms with Crippen molar-refractivity contribution in [2.45, 2.75) is 13.1 Å². The second-order valence-electron chi connectivity index (χ2n) is 5.40. The highest BCUT2D eigenvalue weighted by Crippen LogP contribution is 2.16. The first-order valence-electron chi connectivity index (χ1n) is 7.44. The summed E-state index contributed by atoms with van der Waals surface area (Å²) >= 11 is 0. The molecule has 0 saturated carbocycles. The van der Waals surface area contributed by atoms with E-state index in [4.69, 9.17) is 9.26 Å². The highest BCUT2D eigenvalue weighted by Gasteiger charge is 2.10. The summed E-state index contributed by atoms with van der Waals surface area (Å²) in [5.41, 5.74) is 2.16. The highest BCUT2D eigenvalue weighted by molar-refractivity contribution is 5.53. The average Bonchev–Trinajstić information content (AvgIpc) is 3.04. The first kappa shape index (κ1) is 15.2.